The third kappa shape index (κ3) is 3.97. The maximum atomic E-state index is 12.1. The van der Waals surface area contributed by atoms with E-state index in [9.17, 15) is 4.79 Å². The van der Waals surface area contributed by atoms with Crippen molar-refractivity contribution in [3.05, 3.63) is 47.2 Å². The van der Waals surface area contributed by atoms with Crippen LogP contribution in [0.2, 0.25) is 5.15 Å². The Balaban J connectivity index is 1.70. The standard InChI is InChI=1S/C16H14ClN3O2S/c1-2-22-11-4-5-12-13(8-11)23-16(19-12)20-15(21)7-10-3-6-14(17)18-9-10/h3-6,8-9H,2,7H2,1H3,(H,19,20,21). The highest BCUT2D eigenvalue weighted by molar-refractivity contribution is 7.22. The van der Waals surface area contributed by atoms with Crippen molar-refractivity contribution in [1.82, 2.24) is 9.97 Å². The van der Waals surface area contributed by atoms with Gasteiger partial charge in [-0.25, -0.2) is 9.97 Å². The van der Waals surface area contributed by atoms with E-state index in [-0.39, 0.29) is 12.3 Å². The Bertz CT molecular complexity index is 833. The average Bonchev–Trinajstić information content (AvgIpc) is 2.91. The smallest absolute Gasteiger partial charge is 0.230 e. The summed E-state index contributed by atoms with van der Waals surface area (Å²) in [5, 5.41) is 3.79. The van der Waals surface area contributed by atoms with Gasteiger partial charge in [-0.3, -0.25) is 4.79 Å². The van der Waals surface area contributed by atoms with E-state index in [0.29, 0.717) is 16.9 Å². The summed E-state index contributed by atoms with van der Waals surface area (Å²) in [7, 11) is 0. The zero-order valence-electron chi connectivity index (χ0n) is 12.4. The van der Waals surface area contributed by atoms with Crippen molar-refractivity contribution < 1.29 is 9.53 Å². The summed E-state index contributed by atoms with van der Waals surface area (Å²) in [4.78, 5) is 20.4. The van der Waals surface area contributed by atoms with Crippen molar-refractivity contribution in [2.45, 2.75) is 13.3 Å². The Kier molecular flexibility index (Phi) is 4.73. The molecular weight excluding hydrogens is 334 g/mol. The molecule has 0 spiro atoms. The molecule has 0 saturated carbocycles. The molecule has 0 aliphatic heterocycles. The van der Waals surface area contributed by atoms with Crippen molar-refractivity contribution in [3.8, 4) is 5.75 Å². The quantitative estimate of drug-likeness (QED) is 0.710. The normalized spacial score (nSPS) is 10.7. The number of thiazole rings is 1. The molecule has 1 N–H and O–H groups in total. The third-order valence-electron chi connectivity index (χ3n) is 3.07. The van der Waals surface area contributed by atoms with Crippen LogP contribution in [0.25, 0.3) is 10.2 Å². The van der Waals surface area contributed by atoms with Gasteiger partial charge in [-0.1, -0.05) is 29.0 Å². The van der Waals surface area contributed by atoms with Crippen LogP contribution in [0.15, 0.2) is 36.5 Å². The number of nitrogens with zero attached hydrogens (tertiary/aromatic N) is 2. The Hall–Kier alpha value is -2.18. The van der Waals surface area contributed by atoms with Crippen LogP contribution in [0.1, 0.15) is 12.5 Å². The number of fused-ring (bicyclic) bond motifs is 1. The summed E-state index contributed by atoms with van der Waals surface area (Å²) < 4.78 is 6.44. The number of nitrogens with one attached hydrogen (secondary N) is 1. The number of ether oxygens (including phenoxy) is 1. The molecule has 0 saturated heterocycles. The van der Waals surface area contributed by atoms with Gasteiger partial charge in [0, 0.05) is 6.20 Å². The Morgan fingerprint density at radius 2 is 2.22 bits per heavy atom. The number of amides is 1. The Morgan fingerprint density at radius 3 is 2.96 bits per heavy atom. The van der Waals surface area contributed by atoms with E-state index >= 15 is 0 Å². The summed E-state index contributed by atoms with van der Waals surface area (Å²) in [6, 6.07) is 9.13. The number of aromatic nitrogens is 2. The second-order valence-electron chi connectivity index (χ2n) is 4.80. The maximum Gasteiger partial charge on any atom is 0.230 e. The lowest BCUT2D eigenvalue weighted by molar-refractivity contribution is -0.115. The number of carbonyl (C=O) groups is 1. The number of benzene rings is 1. The van der Waals surface area contributed by atoms with E-state index < -0.39 is 0 Å². The zero-order chi connectivity index (χ0) is 16.2. The highest BCUT2D eigenvalue weighted by Gasteiger charge is 2.09. The number of rotatable bonds is 5. The first-order chi connectivity index (χ1) is 11.1. The van der Waals surface area contributed by atoms with Gasteiger partial charge in [-0.15, -0.1) is 0 Å². The van der Waals surface area contributed by atoms with Crippen LogP contribution in [0.5, 0.6) is 5.75 Å². The van der Waals surface area contributed by atoms with Crippen molar-refractivity contribution in [3.63, 3.8) is 0 Å². The van der Waals surface area contributed by atoms with E-state index in [1.54, 1.807) is 18.3 Å². The monoisotopic (exact) mass is 347 g/mol. The number of halogens is 1. The zero-order valence-corrected chi connectivity index (χ0v) is 13.9. The van der Waals surface area contributed by atoms with Gasteiger partial charge in [0.05, 0.1) is 23.2 Å². The van der Waals surface area contributed by atoms with E-state index in [4.69, 9.17) is 16.3 Å². The molecule has 5 nitrogen and oxygen atoms in total. The molecule has 2 aromatic heterocycles. The van der Waals surface area contributed by atoms with E-state index in [1.807, 2.05) is 25.1 Å². The fraction of sp³-hybridized carbons (Fsp3) is 0.188. The molecule has 118 valence electrons. The van der Waals surface area contributed by atoms with Crippen LogP contribution in [0, 0.1) is 0 Å². The van der Waals surface area contributed by atoms with Gasteiger partial charge in [-0.2, -0.15) is 0 Å². The molecule has 0 bridgehead atoms. The lowest BCUT2D eigenvalue weighted by atomic mass is 10.2. The first kappa shape index (κ1) is 15.7. The van der Waals surface area contributed by atoms with E-state index in [1.165, 1.54) is 11.3 Å². The van der Waals surface area contributed by atoms with Gasteiger partial charge in [0.2, 0.25) is 5.91 Å². The highest BCUT2D eigenvalue weighted by Crippen LogP contribution is 2.29. The van der Waals surface area contributed by atoms with Crippen molar-refractivity contribution in [2.24, 2.45) is 0 Å². The minimum absolute atomic E-state index is 0.141. The molecular formula is C16H14ClN3O2S. The number of carbonyl (C=O) groups excluding carboxylic acids is 1. The summed E-state index contributed by atoms with van der Waals surface area (Å²) in [5.41, 5.74) is 1.63. The van der Waals surface area contributed by atoms with Gasteiger partial charge in [0.15, 0.2) is 5.13 Å². The molecule has 0 atom stereocenters. The van der Waals surface area contributed by atoms with Crippen LogP contribution in [-0.2, 0) is 11.2 Å². The van der Waals surface area contributed by atoms with E-state index in [0.717, 1.165) is 21.5 Å². The fourth-order valence-corrected chi connectivity index (χ4v) is 3.10. The number of pyridine rings is 1. The van der Waals surface area contributed by atoms with Crippen LogP contribution in [-0.4, -0.2) is 22.5 Å². The van der Waals surface area contributed by atoms with Crippen LogP contribution >= 0.6 is 22.9 Å². The summed E-state index contributed by atoms with van der Waals surface area (Å²) >= 11 is 7.15. The number of hydrogen-bond donors (Lipinski definition) is 1. The van der Waals surface area contributed by atoms with Crippen LogP contribution in [0.3, 0.4) is 0 Å². The molecule has 23 heavy (non-hydrogen) atoms. The molecule has 3 rings (SSSR count). The largest absolute Gasteiger partial charge is 0.494 e. The molecule has 2 heterocycles. The lowest BCUT2D eigenvalue weighted by Gasteiger charge is -2.01. The molecule has 0 aliphatic rings. The first-order valence-electron chi connectivity index (χ1n) is 7.07. The first-order valence-corrected chi connectivity index (χ1v) is 8.27. The predicted molar refractivity (Wildman–Crippen MR) is 92.4 cm³/mol. The van der Waals surface area contributed by atoms with Gasteiger partial charge in [0.1, 0.15) is 10.9 Å². The van der Waals surface area contributed by atoms with Crippen molar-refractivity contribution in [1.29, 1.82) is 0 Å². The summed E-state index contributed by atoms with van der Waals surface area (Å²) in [6.45, 7) is 2.55. The third-order valence-corrected chi connectivity index (χ3v) is 4.23. The topological polar surface area (TPSA) is 64.1 Å². The summed E-state index contributed by atoms with van der Waals surface area (Å²) in [5.74, 6) is 0.659. The van der Waals surface area contributed by atoms with E-state index in [2.05, 4.69) is 15.3 Å². The van der Waals surface area contributed by atoms with Gasteiger partial charge >= 0.3 is 0 Å². The van der Waals surface area contributed by atoms with Crippen LogP contribution in [0.4, 0.5) is 5.13 Å². The Morgan fingerprint density at radius 1 is 1.35 bits per heavy atom. The van der Waals surface area contributed by atoms with Gasteiger partial charge in [0.25, 0.3) is 0 Å². The van der Waals surface area contributed by atoms with Crippen molar-refractivity contribution >= 4 is 44.2 Å². The van der Waals surface area contributed by atoms with Gasteiger partial charge in [-0.05, 0) is 36.8 Å². The minimum atomic E-state index is -0.141. The second-order valence-corrected chi connectivity index (χ2v) is 6.21. The molecule has 0 unspecified atom stereocenters. The number of hydrogen-bond acceptors (Lipinski definition) is 5. The molecule has 1 amide bonds. The SMILES string of the molecule is CCOc1ccc2nc(NC(=O)Cc3ccc(Cl)nc3)sc2c1. The molecule has 3 aromatic rings. The molecule has 1 aromatic carbocycles. The molecule has 0 radical (unpaired) electrons. The maximum absolute atomic E-state index is 12.1. The van der Waals surface area contributed by atoms with Crippen LogP contribution < -0.4 is 10.1 Å². The minimum Gasteiger partial charge on any atom is -0.494 e. The molecule has 0 fully saturated rings. The Labute approximate surface area is 142 Å². The number of anilines is 1. The highest BCUT2D eigenvalue weighted by atomic mass is 35.5. The molecule has 0 aliphatic carbocycles. The molecule has 7 heteroatoms. The predicted octanol–water partition coefficient (Wildman–Crippen LogP) is 3.92. The second kappa shape index (κ2) is 6.93. The van der Waals surface area contributed by atoms with Gasteiger partial charge < -0.3 is 10.1 Å². The summed E-state index contributed by atoms with van der Waals surface area (Å²) in [6.07, 6.45) is 1.82. The average molecular weight is 348 g/mol. The lowest BCUT2D eigenvalue weighted by Crippen LogP contribution is -2.14. The van der Waals surface area contributed by atoms with Crippen molar-refractivity contribution in [2.75, 3.05) is 11.9 Å². The fourth-order valence-electron chi connectivity index (χ4n) is 2.07.